The van der Waals surface area contributed by atoms with Crippen LogP contribution in [-0.4, -0.2) is 24.4 Å². The zero-order valence-electron chi connectivity index (χ0n) is 9.49. The van der Waals surface area contributed by atoms with Gasteiger partial charge in [-0.3, -0.25) is 0 Å². The lowest BCUT2D eigenvalue weighted by Crippen LogP contribution is -2.27. The van der Waals surface area contributed by atoms with Crippen LogP contribution >= 0.6 is 11.6 Å². The van der Waals surface area contributed by atoms with Crippen LogP contribution in [0.3, 0.4) is 0 Å². The summed E-state index contributed by atoms with van der Waals surface area (Å²) in [6.07, 6.45) is 1.87. The second kappa shape index (κ2) is 5.17. The van der Waals surface area contributed by atoms with Crippen molar-refractivity contribution in [1.82, 2.24) is 0 Å². The molecule has 0 spiro atoms. The SMILES string of the molecule is C[C@]1(CCc2ccccc2)OC[C@H](CCl)O1. The molecule has 1 aromatic carbocycles. The van der Waals surface area contributed by atoms with Gasteiger partial charge in [0.2, 0.25) is 0 Å². The first kappa shape index (κ1) is 11.9. The molecule has 0 aromatic heterocycles. The molecule has 1 aliphatic heterocycles. The number of alkyl halides is 1. The smallest absolute Gasteiger partial charge is 0.166 e. The fraction of sp³-hybridized carbons (Fsp3) is 0.538. The maximum atomic E-state index is 5.77. The van der Waals surface area contributed by atoms with Gasteiger partial charge in [0.25, 0.3) is 0 Å². The molecule has 0 N–H and O–H groups in total. The van der Waals surface area contributed by atoms with E-state index < -0.39 is 5.79 Å². The Labute approximate surface area is 102 Å². The first-order valence-corrected chi connectivity index (χ1v) is 6.17. The molecule has 1 aromatic rings. The summed E-state index contributed by atoms with van der Waals surface area (Å²) >= 11 is 5.75. The summed E-state index contributed by atoms with van der Waals surface area (Å²) in [4.78, 5) is 0. The van der Waals surface area contributed by atoms with Gasteiger partial charge in [0.05, 0.1) is 18.6 Å². The molecule has 1 saturated heterocycles. The second-order valence-corrected chi connectivity index (χ2v) is 4.63. The molecule has 0 bridgehead atoms. The molecule has 0 amide bonds. The Balaban J connectivity index is 1.86. The van der Waals surface area contributed by atoms with Gasteiger partial charge < -0.3 is 9.47 Å². The van der Waals surface area contributed by atoms with Crippen LogP contribution in [0.5, 0.6) is 0 Å². The van der Waals surface area contributed by atoms with Gasteiger partial charge in [-0.2, -0.15) is 0 Å². The highest BCUT2D eigenvalue weighted by molar-refractivity contribution is 6.18. The van der Waals surface area contributed by atoms with Crippen molar-refractivity contribution >= 4 is 11.6 Å². The highest BCUT2D eigenvalue weighted by atomic mass is 35.5. The van der Waals surface area contributed by atoms with E-state index >= 15 is 0 Å². The Bertz CT molecular complexity index is 328. The molecule has 1 fully saturated rings. The van der Waals surface area contributed by atoms with Gasteiger partial charge in [-0.15, -0.1) is 11.6 Å². The van der Waals surface area contributed by atoms with Crippen LogP contribution in [0.2, 0.25) is 0 Å². The van der Waals surface area contributed by atoms with Crippen molar-refractivity contribution in [3.8, 4) is 0 Å². The predicted molar refractivity (Wildman–Crippen MR) is 64.7 cm³/mol. The van der Waals surface area contributed by atoms with E-state index in [4.69, 9.17) is 21.1 Å². The molecule has 2 rings (SSSR count). The minimum Gasteiger partial charge on any atom is -0.347 e. The third-order valence-corrected chi connectivity index (χ3v) is 3.22. The zero-order chi connectivity index (χ0) is 11.4. The maximum Gasteiger partial charge on any atom is 0.166 e. The molecule has 16 heavy (non-hydrogen) atoms. The minimum atomic E-state index is -0.463. The fourth-order valence-electron chi connectivity index (χ4n) is 1.91. The molecule has 0 unspecified atom stereocenters. The topological polar surface area (TPSA) is 18.5 Å². The average molecular weight is 241 g/mol. The van der Waals surface area contributed by atoms with E-state index in [0.717, 1.165) is 12.8 Å². The first-order chi connectivity index (χ1) is 7.72. The largest absolute Gasteiger partial charge is 0.347 e. The number of aryl methyl sites for hydroxylation is 1. The van der Waals surface area contributed by atoms with Crippen molar-refractivity contribution in [3.05, 3.63) is 35.9 Å². The van der Waals surface area contributed by atoms with Crippen molar-refractivity contribution in [2.24, 2.45) is 0 Å². The summed E-state index contributed by atoms with van der Waals surface area (Å²) in [5.41, 5.74) is 1.31. The predicted octanol–water partition coefficient (Wildman–Crippen LogP) is 2.99. The van der Waals surface area contributed by atoms with Crippen LogP contribution < -0.4 is 0 Å². The van der Waals surface area contributed by atoms with E-state index in [2.05, 4.69) is 24.3 Å². The van der Waals surface area contributed by atoms with Crippen LogP contribution in [0.15, 0.2) is 30.3 Å². The number of hydrogen-bond acceptors (Lipinski definition) is 2. The number of halogens is 1. The van der Waals surface area contributed by atoms with E-state index in [1.807, 2.05) is 13.0 Å². The van der Waals surface area contributed by atoms with Crippen LogP contribution in [-0.2, 0) is 15.9 Å². The Hall–Kier alpha value is -0.570. The van der Waals surface area contributed by atoms with Crippen molar-refractivity contribution in [2.75, 3.05) is 12.5 Å². The quantitative estimate of drug-likeness (QED) is 0.754. The van der Waals surface area contributed by atoms with Gasteiger partial charge in [-0.05, 0) is 18.9 Å². The van der Waals surface area contributed by atoms with Crippen LogP contribution in [0.4, 0.5) is 0 Å². The second-order valence-electron chi connectivity index (χ2n) is 4.32. The molecule has 1 heterocycles. The molecule has 3 heteroatoms. The summed E-state index contributed by atoms with van der Waals surface area (Å²) in [7, 11) is 0. The van der Waals surface area contributed by atoms with Gasteiger partial charge in [-0.1, -0.05) is 30.3 Å². The molecule has 2 nitrogen and oxygen atoms in total. The van der Waals surface area contributed by atoms with E-state index in [1.54, 1.807) is 0 Å². The third kappa shape index (κ3) is 2.97. The number of benzene rings is 1. The molecular formula is C13H17ClO2. The third-order valence-electron chi connectivity index (χ3n) is 2.87. The van der Waals surface area contributed by atoms with Crippen LogP contribution in [0.25, 0.3) is 0 Å². The van der Waals surface area contributed by atoms with Gasteiger partial charge in [-0.25, -0.2) is 0 Å². The monoisotopic (exact) mass is 240 g/mol. The Kier molecular flexibility index (Phi) is 3.85. The summed E-state index contributed by atoms with van der Waals surface area (Å²) in [5.74, 6) is 0.0380. The highest BCUT2D eigenvalue weighted by Crippen LogP contribution is 2.28. The number of rotatable bonds is 4. The summed E-state index contributed by atoms with van der Waals surface area (Å²) < 4.78 is 11.4. The lowest BCUT2D eigenvalue weighted by Gasteiger charge is -2.23. The molecule has 0 saturated carbocycles. The van der Waals surface area contributed by atoms with E-state index in [1.165, 1.54) is 5.56 Å². The summed E-state index contributed by atoms with van der Waals surface area (Å²) in [5, 5.41) is 0. The summed E-state index contributed by atoms with van der Waals surface area (Å²) in [6.45, 7) is 2.59. The van der Waals surface area contributed by atoms with Gasteiger partial charge in [0.15, 0.2) is 5.79 Å². The van der Waals surface area contributed by atoms with Crippen LogP contribution in [0.1, 0.15) is 18.9 Å². The summed E-state index contributed by atoms with van der Waals surface area (Å²) in [6, 6.07) is 10.4. The minimum absolute atomic E-state index is 0.0439. The first-order valence-electron chi connectivity index (χ1n) is 5.63. The lowest BCUT2D eigenvalue weighted by atomic mass is 10.1. The Morgan fingerprint density at radius 2 is 2.12 bits per heavy atom. The molecule has 2 atom stereocenters. The standard InChI is InChI=1S/C13H17ClO2/c1-13(15-10-12(9-14)16-13)8-7-11-5-3-2-4-6-11/h2-6,12H,7-10H2,1H3/t12-,13-/m0/s1. The highest BCUT2D eigenvalue weighted by Gasteiger charge is 2.36. The van der Waals surface area contributed by atoms with Gasteiger partial charge in [0.1, 0.15) is 0 Å². The van der Waals surface area contributed by atoms with Crippen LogP contribution in [0, 0.1) is 0 Å². The van der Waals surface area contributed by atoms with E-state index in [-0.39, 0.29) is 6.10 Å². The van der Waals surface area contributed by atoms with Crippen molar-refractivity contribution in [3.63, 3.8) is 0 Å². The van der Waals surface area contributed by atoms with Gasteiger partial charge in [0, 0.05) is 6.42 Å². The normalized spacial score (nSPS) is 29.5. The number of hydrogen-bond donors (Lipinski definition) is 0. The van der Waals surface area contributed by atoms with Gasteiger partial charge >= 0.3 is 0 Å². The maximum absolute atomic E-state index is 5.77. The molecule has 0 radical (unpaired) electrons. The molecule has 88 valence electrons. The number of ether oxygens (including phenoxy) is 2. The lowest BCUT2D eigenvalue weighted by molar-refractivity contribution is -0.155. The zero-order valence-corrected chi connectivity index (χ0v) is 10.2. The Morgan fingerprint density at radius 1 is 1.38 bits per heavy atom. The van der Waals surface area contributed by atoms with Crippen molar-refractivity contribution in [1.29, 1.82) is 0 Å². The molecular weight excluding hydrogens is 224 g/mol. The molecule has 0 aliphatic carbocycles. The fourth-order valence-corrected chi connectivity index (χ4v) is 2.07. The Morgan fingerprint density at radius 3 is 2.75 bits per heavy atom. The van der Waals surface area contributed by atoms with E-state index in [0.29, 0.717) is 12.5 Å². The van der Waals surface area contributed by atoms with Crippen molar-refractivity contribution in [2.45, 2.75) is 31.7 Å². The van der Waals surface area contributed by atoms with Crippen molar-refractivity contribution < 1.29 is 9.47 Å². The molecule has 1 aliphatic rings. The average Bonchev–Trinajstić information content (AvgIpc) is 2.71. The van der Waals surface area contributed by atoms with E-state index in [9.17, 15) is 0 Å².